The van der Waals surface area contributed by atoms with E-state index in [9.17, 15) is 29.7 Å². The molecule has 0 aromatic carbocycles. The Morgan fingerprint density at radius 1 is 0.581 bits per heavy atom. The Morgan fingerprint density at radius 2 is 0.774 bits per heavy atom. The van der Waals surface area contributed by atoms with Gasteiger partial charge >= 0.3 is 88.7 Å². The molecule has 8 N–H and O–H groups in total. The summed E-state index contributed by atoms with van der Waals surface area (Å²) in [5.74, 6) is -4.13. The van der Waals surface area contributed by atoms with Crippen molar-refractivity contribution < 1.29 is 124 Å². The molecule has 3 rings (SSSR count). The molecule has 0 saturated heterocycles. The van der Waals surface area contributed by atoms with E-state index in [4.69, 9.17) is 0 Å². The van der Waals surface area contributed by atoms with Crippen LogP contribution in [0.4, 0.5) is 0 Å². The fourth-order valence-electron chi connectivity index (χ4n) is 1.15. The zero-order valence-electron chi connectivity index (χ0n) is 16.0. The molecule has 0 aliphatic heterocycles. The standard InChI is InChI=1S/3C3H3N3O2S.3Na.H2O/c3*7-3(8)1-2(9)5-6-4-1;;;;/h3*(H,7,8)(H2,4,5,6,9);;;;1H2/q;;;3*+1;/p-3. The van der Waals surface area contributed by atoms with Gasteiger partial charge in [0.1, 0.15) is 31.0 Å². The van der Waals surface area contributed by atoms with Crippen molar-refractivity contribution in [2.45, 2.75) is 0 Å². The van der Waals surface area contributed by atoms with Crippen LogP contribution in [0, 0.1) is 13.9 Å². The van der Waals surface area contributed by atoms with E-state index >= 15 is 0 Å². The zero-order valence-corrected chi connectivity index (χ0v) is 24.5. The van der Waals surface area contributed by atoms with E-state index in [1.807, 2.05) is 0 Å². The Kier molecular flexibility index (Phi) is 23.1. The molecule has 0 aliphatic rings. The smallest absolute Gasteiger partial charge is 0.543 e. The molecule has 31 heavy (non-hydrogen) atoms. The predicted octanol–water partition coefficient (Wildman–Crippen LogP) is -13.3. The molecular formula is C9H8N9Na3O7S3. The normalized spacial score (nSPS) is 8.13. The van der Waals surface area contributed by atoms with Crippen molar-refractivity contribution in [2.75, 3.05) is 0 Å². The van der Waals surface area contributed by atoms with Crippen molar-refractivity contribution in [1.29, 1.82) is 0 Å². The molecule has 0 bridgehead atoms. The Bertz CT molecular complexity index is 979. The fourth-order valence-corrected chi connectivity index (χ4v) is 1.67. The minimum Gasteiger partial charge on any atom is -0.543 e. The number of carboxylic acids is 3. The molecule has 16 nitrogen and oxygen atoms in total. The van der Waals surface area contributed by atoms with Crippen LogP contribution in [0.3, 0.4) is 0 Å². The molecule has 0 aliphatic carbocycles. The van der Waals surface area contributed by atoms with Crippen molar-refractivity contribution >= 4 is 54.6 Å². The number of aromatic nitrogens is 9. The number of aromatic carboxylic acids is 3. The molecule has 152 valence electrons. The van der Waals surface area contributed by atoms with Gasteiger partial charge in [-0.15, -0.1) is 0 Å². The number of H-pyrrole nitrogens is 6. The van der Waals surface area contributed by atoms with Crippen LogP contribution < -0.4 is 104 Å². The largest absolute Gasteiger partial charge is 1.00 e. The Hall–Kier alpha value is -0.550. The molecule has 22 heteroatoms. The summed E-state index contributed by atoms with van der Waals surface area (Å²) in [5.41, 5.74) is -0.778. The number of nitrogens with zero attached hydrogens (tertiary/aromatic N) is 3. The maximum atomic E-state index is 10.0. The molecule has 3 aromatic rings. The first-order valence-electron chi connectivity index (χ1n) is 6.18. The van der Waals surface area contributed by atoms with Crippen LogP contribution in [0.2, 0.25) is 0 Å². The third-order valence-corrected chi connectivity index (χ3v) is 3.12. The van der Waals surface area contributed by atoms with Gasteiger partial charge in [-0.05, 0) is 0 Å². The van der Waals surface area contributed by atoms with Crippen LogP contribution in [-0.2, 0) is 0 Å². The summed E-state index contributed by atoms with van der Waals surface area (Å²) in [4.78, 5) is 30.0. The first-order valence-corrected chi connectivity index (χ1v) is 7.40. The van der Waals surface area contributed by atoms with E-state index in [0.717, 1.165) is 0 Å². The number of carbonyl (C=O) groups excluding carboxylic acids is 3. The first-order chi connectivity index (χ1) is 12.6. The van der Waals surface area contributed by atoms with Gasteiger partial charge in [-0.25, -0.2) is 15.6 Å². The summed E-state index contributed by atoms with van der Waals surface area (Å²) in [6.07, 6.45) is 0. The Labute approximate surface area is 252 Å². The van der Waals surface area contributed by atoms with Gasteiger partial charge in [-0.1, -0.05) is 36.7 Å². The van der Waals surface area contributed by atoms with Crippen LogP contribution in [0.25, 0.3) is 0 Å². The van der Waals surface area contributed by atoms with E-state index in [2.05, 4.69) is 82.9 Å². The van der Waals surface area contributed by atoms with Gasteiger partial charge < -0.3 is 35.2 Å². The number of rotatable bonds is 3. The van der Waals surface area contributed by atoms with E-state index in [0.29, 0.717) is 0 Å². The summed E-state index contributed by atoms with van der Waals surface area (Å²) in [6.45, 7) is 0. The van der Waals surface area contributed by atoms with Crippen molar-refractivity contribution in [3.63, 3.8) is 0 Å². The van der Waals surface area contributed by atoms with Crippen molar-refractivity contribution in [1.82, 2.24) is 46.2 Å². The number of nitrogens with one attached hydrogen (secondary N) is 6. The van der Waals surface area contributed by atoms with Crippen molar-refractivity contribution in [3.05, 3.63) is 31.0 Å². The monoisotopic (exact) mass is 519 g/mol. The predicted molar refractivity (Wildman–Crippen MR) is 87.9 cm³/mol. The number of carboxylic acid groups (broad SMARTS) is 3. The summed E-state index contributed by atoms with van der Waals surface area (Å²) < 4.78 is 0.153. The average molecular weight is 519 g/mol. The topological polar surface area (TPSA) is 285 Å². The molecule has 0 saturated carbocycles. The van der Waals surface area contributed by atoms with Gasteiger partial charge in [0.2, 0.25) is 0 Å². The Balaban J connectivity index is -0.000000166. The van der Waals surface area contributed by atoms with Gasteiger partial charge in [0.05, 0.1) is 17.9 Å². The fraction of sp³-hybridized carbons (Fsp3) is 0. The maximum Gasteiger partial charge on any atom is 1.00 e. The first kappa shape index (κ1) is 37.7. The van der Waals surface area contributed by atoms with Gasteiger partial charge in [0.15, 0.2) is 0 Å². The van der Waals surface area contributed by atoms with E-state index in [1.54, 1.807) is 0 Å². The van der Waals surface area contributed by atoms with Crippen LogP contribution in [0.5, 0.6) is 0 Å². The SMILES string of the molecule is O.O=C([O-])c1n[nH][nH]c1=S.O=C([O-])c1n[nH][nH]c1=S.O=C([O-])c1n[nH][nH]c1=S.[Na+].[Na+].[Na+]. The number of hydrogen-bond acceptors (Lipinski definition) is 12. The van der Waals surface area contributed by atoms with Gasteiger partial charge in [0, 0.05) is 0 Å². The second-order valence-electron chi connectivity index (χ2n) is 3.94. The molecule has 3 heterocycles. The van der Waals surface area contributed by atoms with E-state index in [-0.39, 0.29) is 125 Å². The molecule has 0 atom stereocenters. The summed E-state index contributed by atoms with van der Waals surface area (Å²) in [7, 11) is 0. The summed E-state index contributed by atoms with van der Waals surface area (Å²) in [5, 5.41) is 53.3. The second kappa shape index (κ2) is 19.0. The molecule has 0 spiro atoms. The quantitative estimate of drug-likeness (QED) is 0.139. The average Bonchev–Trinajstić information content (AvgIpc) is 3.29. The third kappa shape index (κ3) is 12.9. The van der Waals surface area contributed by atoms with Gasteiger partial charge in [-0.2, -0.15) is 15.3 Å². The zero-order chi connectivity index (χ0) is 20.6. The second-order valence-corrected chi connectivity index (χ2v) is 5.17. The molecule has 0 unspecified atom stereocenters. The molecular weight excluding hydrogens is 511 g/mol. The van der Waals surface area contributed by atoms with Gasteiger partial charge in [-0.3, -0.25) is 15.3 Å². The molecule has 0 radical (unpaired) electrons. The molecule has 0 fully saturated rings. The molecule has 0 amide bonds. The van der Waals surface area contributed by atoms with Crippen molar-refractivity contribution in [3.8, 4) is 0 Å². The van der Waals surface area contributed by atoms with Gasteiger partial charge in [0.25, 0.3) is 0 Å². The van der Waals surface area contributed by atoms with Crippen LogP contribution in [0.15, 0.2) is 0 Å². The van der Waals surface area contributed by atoms with Crippen LogP contribution in [-0.4, -0.2) is 69.6 Å². The third-order valence-electron chi connectivity index (χ3n) is 2.24. The minimum absolute atomic E-state index is 0. The van der Waals surface area contributed by atoms with Crippen molar-refractivity contribution in [2.24, 2.45) is 0 Å². The summed E-state index contributed by atoms with van der Waals surface area (Å²) in [6, 6.07) is 0. The minimum atomic E-state index is -1.38. The van der Waals surface area contributed by atoms with E-state index < -0.39 is 17.9 Å². The Morgan fingerprint density at radius 3 is 0.839 bits per heavy atom. The number of carbonyl (C=O) groups is 3. The van der Waals surface area contributed by atoms with E-state index in [1.165, 1.54) is 0 Å². The van der Waals surface area contributed by atoms with Crippen LogP contribution >= 0.6 is 36.7 Å². The number of hydrogen-bond donors (Lipinski definition) is 6. The number of aromatic amines is 6. The van der Waals surface area contributed by atoms with Crippen LogP contribution in [0.1, 0.15) is 31.5 Å². The molecule has 3 aromatic heterocycles. The maximum absolute atomic E-state index is 10.0. The summed E-state index contributed by atoms with van der Waals surface area (Å²) >= 11 is 13.5.